The number of esters is 1. The van der Waals surface area contributed by atoms with Crippen LogP contribution in [-0.4, -0.2) is 41.8 Å². The molecule has 0 aliphatic carbocycles. The SMILES string of the molecule is CC(C)OC(=O)C(O)C1COC(C)(C)O1. The first-order valence-corrected chi connectivity index (χ1v) is 5.02. The summed E-state index contributed by atoms with van der Waals surface area (Å²) in [6.45, 7) is 7.10. The van der Waals surface area contributed by atoms with Crippen molar-refractivity contribution in [3.05, 3.63) is 0 Å². The van der Waals surface area contributed by atoms with Crippen LogP contribution in [0, 0.1) is 0 Å². The highest BCUT2D eigenvalue weighted by Crippen LogP contribution is 2.24. The van der Waals surface area contributed by atoms with E-state index in [1.165, 1.54) is 0 Å². The summed E-state index contributed by atoms with van der Waals surface area (Å²) in [5, 5.41) is 9.62. The van der Waals surface area contributed by atoms with Crippen molar-refractivity contribution in [1.29, 1.82) is 0 Å². The zero-order chi connectivity index (χ0) is 11.6. The van der Waals surface area contributed by atoms with Crippen molar-refractivity contribution in [2.24, 2.45) is 0 Å². The van der Waals surface area contributed by atoms with E-state index in [9.17, 15) is 9.90 Å². The summed E-state index contributed by atoms with van der Waals surface area (Å²) in [6, 6.07) is 0. The van der Waals surface area contributed by atoms with Crippen LogP contribution in [0.5, 0.6) is 0 Å². The minimum atomic E-state index is -1.28. The molecule has 1 aliphatic rings. The van der Waals surface area contributed by atoms with E-state index < -0.39 is 24.0 Å². The molecule has 5 nitrogen and oxygen atoms in total. The van der Waals surface area contributed by atoms with Crippen LogP contribution < -0.4 is 0 Å². The number of hydrogen-bond donors (Lipinski definition) is 1. The molecule has 0 aromatic rings. The minimum Gasteiger partial charge on any atom is -0.461 e. The second kappa shape index (κ2) is 4.47. The predicted molar refractivity (Wildman–Crippen MR) is 52.1 cm³/mol. The van der Waals surface area contributed by atoms with E-state index in [0.29, 0.717) is 0 Å². The summed E-state index contributed by atoms with van der Waals surface area (Å²) in [6.07, 6.45) is -2.18. The average molecular weight is 218 g/mol. The monoisotopic (exact) mass is 218 g/mol. The molecule has 2 atom stereocenters. The van der Waals surface area contributed by atoms with Crippen LogP contribution in [0.3, 0.4) is 0 Å². The number of carbonyl (C=O) groups excluding carboxylic acids is 1. The van der Waals surface area contributed by atoms with E-state index in [1.807, 2.05) is 0 Å². The van der Waals surface area contributed by atoms with Crippen molar-refractivity contribution in [3.63, 3.8) is 0 Å². The first-order valence-electron chi connectivity index (χ1n) is 5.02. The summed E-state index contributed by atoms with van der Waals surface area (Å²) >= 11 is 0. The van der Waals surface area contributed by atoms with Gasteiger partial charge >= 0.3 is 5.97 Å². The van der Waals surface area contributed by atoms with Gasteiger partial charge in [0, 0.05) is 0 Å². The van der Waals surface area contributed by atoms with E-state index in [0.717, 1.165) is 0 Å². The number of aliphatic hydroxyl groups excluding tert-OH is 1. The molecule has 15 heavy (non-hydrogen) atoms. The van der Waals surface area contributed by atoms with Gasteiger partial charge in [0.2, 0.25) is 0 Å². The smallest absolute Gasteiger partial charge is 0.338 e. The Morgan fingerprint density at radius 2 is 2.13 bits per heavy atom. The Labute approximate surface area is 89.3 Å². The fourth-order valence-corrected chi connectivity index (χ4v) is 1.32. The maximum Gasteiger partial charge on any atom is 0.338 e. The first kappa shape index (κ1) is 12.4. The first-order chi connectivity index (χ1) is 6.82. The molecule has 0 radical (unpaired) electrons. The van der Waals surface area contributed by atoms with E-state index in [4.69, 9.17) is 14.2 Å². The Bertz CT molecular complexity index is 236. The molecule has 2 unspecified atom stereocenters. The number of ether oxygens (including phenoxy) is 3. The van der Waals surface area contributed by atoms with Crippen molar-refractivity contribution in [2.75, 3.05) is 6.61 Å². The molecule has 1 N–H and O–H groups in total. The molecule has 1 aliphatic heterocycles. The van der Waals surface area contributed by atoms with Gasteiger partial charge in [-0.2, -0.15) is 0 Å². The Morgan fingerprint density at radius 3 is 2.53 bits per heavy atom. The second-order valence-corrected chi connectivity index (χ2v) is 4.30. The highest BCUT2D eigenvalue weighted by Gasteiger charge is 2.40. The van der Waals surface area contributed by atoms with Crippen molar-refractivity contribution in [2.45, 2.75) is 51.8 Å². The van der Waals surface area contributed by atoms with Crippen LogP contribution in [0.25, 0.3) is 0 Å². The lowest BCUT2D eigenvalue weighted by atomic mass is 10.2. The summed E-state index contributed by atoms with van der Waals surface area (Å²) in [5.74, 6) is -1.42. The molecule has 0 aromatic heterocycles. The quantitative estimate of drug-likeness (QED) is 0.697. The van der Waals surface area contributed by atoms with E-state index in [1.54, 1.807) is 27.7 Å². The summed E-state index contributed by atoms with van der Waals surface area (Å²) in [4.78, 5) is 11.3. The van der Waals surface area contributed by atoms with Crippen LogP contribution in [0.4, 0.5) is 0 Å². The third kappa shape index (κ3) is 3.44. The molecule has 0 saturated carbocycles. The topological polar surface area (TPSA) is 65.0 Å². The third-order valence-electron chi connectivity index (χ3n) is 1.98. The highest BCUT2D eigenvalue weighted by atomic mass is 16.7. The van der Waals surface area contributed by atoms with Crippen LogP contribution in [-0.2, 0) is 19.0 Å². The predicted octanol–water partition coefficient (Wildman–Crippen LogP) is 0.450. The van der Waals surface area contributed by atoms with Crippen LogP contribution in [0.1, 0.15) is 27.7 Å². The van der Waals surface area contributed by atoms with Crippen LogP contribution in [0.15, 0.2) is 0 Å². The van der Waals surface area contributed by atoms with Crippen LogP contribution in [0.2, 0.25) is 0 Å². The van der Waals surface area contributed by atoms with E-state index in [-0.39, 0.29) is 12.7 Å². The zero-order valence-electron chi connectivity index (χ0n) is 9.52. The summed E-state index contributed by atoms with van der Waals surface area (Å²) < 4.78 is 15.4. The molecule has 0 bridgehead atoms. The van der Waals surface area contributed by atoms with Gasteiger partial charge in [-0.1, -0.05) is 0 Å². The molecular formula is C10H18O5. The molecule has 5 heteroatoms. The number of aliphatic hydroxyl groups is 1. The van der Waals surface area contributed by atoms with E-state index in [2.05, 4.69) is 0 Å². The van der Waals surface area contributed by atoms with Crippen molar-refractivity contribution in [1.82, 2.24) is 0 Å². The van der Waals surface area contributed by atoms with E-state index >= 15 is 0 Å². The van der Waals surface area contributed by atoms with Gasteiger partial charge in [-0.15, -0.1) is 0 Å². The number of carbonyl (C=O) groups is 1. The Kier molecular flexibility index (Phi) is 3.70. The van der Waals surface area contributed by atoms with Gasteiger partial charge in [-0.3, -0.25) is 0 Å². The normalized spacial score (nSPS) is 26.7. The zero-order valence-corrected chi connectivity index (χ0v) is 9.52. The van der Waals surface area contributed by atoms with Gasteiger partial charge in [-0.25, -0.2) is 4.79 Å². The Balaban J connectivity index is 2.48. The van der Waals surface area contributed by atoms with Crippen molar-refractivity contribution in [3.8, 4) is 0 Å². The molecule has 88 valence electrons. The third-order valence-corrected chi connectivity index (χ3v) is 1.98. The van der Waals surface area contributed by atoms with Gasteiger partial charge in [-0.05, 0) is 27.7 Å². The molecule has 0 spiro atoms. The maximum absolute atomic E-state index is 11.3. The molecule has 0 aromatic carbocycles. The molecule has 1 fully saturated rings. The van der Waals surface area contributed by atoms with Gasteiger partial charge in [0.25, 0.3) is 0 Å². The van der Waals surface area contributed by atoms with Crippen LogP contribution >= 0.6 is 0 Å². The average Bonchev–Trinajstić information content (AvgIpc) is 2.43. The fraction of sp³-hybridized carbons (Fsp3) is 0.900. The number of rotatable bonds is 3. The largest absolute Gasteiger partial charge is 0.461 e. The molecule has 1 saturated heterocycles. The maximum atomic E-state index is 11.3. The molecule has 0 amide bonds. The summed E-state index contributed by atoms with van der Waals surface area (Å²) in [7, 11) is 0. The van der Waals surface area contributed by atoms with Crippen molar-refractivity contribution >= 4 is 5.97 Å². The molecule has 1 rings (SSSR count). The Morgan fingerprint density at radius 1 is 1.53 bits per heavy atom. The van der Waals surface area contributed by atoms with Gasteiger partial charge in [0.05, 0.1) is 12.7 Å². The lowest BCUT2D eigenvalue weighted by Crippen LogP contribution is -2.39. The fourth-order valence-electron chi connectivity index (χ4n) is 1.32. The van der Waals surface area contributed by atoms with Gasteiger partial charge in [0.15, 0.2) is 11.9 Å². The lowest BCUT2D eigenvalue weighted by Gasteiger charge is -2.20. The minimum absolute atomic E-state index is 0.196. The van der Waals surface area contributed by atoms with Gasteiger partial charge in [0.1, 0.15) is 6.10 Å². The molecular weight excluding hydrogens is 200 g/mol. The van der Waals surface area contributed by atoms with Crippen molar-refractivity contribution < 1.29 is 24.1 Å². The highest BCUT2D eigenvalue weighted by molar-refractivity contribution is 5.75. The van der Waals surface area contributed by atoms with Gasteiger partial charge < -0.3 is 19.3 Å². The second-order valence-electron chi connectivity index (χ2n) is 4.30. The summed E-state index contributed by atoms with van der Waals surface area (Å²) in [5.41, 5.74) is 0. The standard InChI is InChI=1S/C10H18O5/c1-6(2)14-9(12)8(11)7-5-13-10(3,4)15-7/h6-8,11H,5H2,1-4H3. The Hall–Kier alpha value is -0.650. The lowest BCUT2D eigenvalue weighted by molar-refractivity contribution is -0.175. The molecule has 1 heterocycles. The number of hydrogen-bond acceptors (Lipinski definition) is 5.